The first-order valence-electron chi connectivity index (χ1n) is 5.78. The van der Waals surface area contributed by atoms with E-state index in [1.54, 1.807) is 0 Å². The first-order chi connectivity index (χ1) is 8.24. The Bertz CT molecular complexity index is 494. The average Bonchev–Trinajstić information content (AvgIpc) is 2.41. The first-order valence-corrected chi connectivity index (χ1v) is 6.59. The SMILES string of the molecule is CCC(C#N)(CC)C(C#P=O)c1ccccc1. The normalized spacial score (nSPS) is 12.3. The Morgan fingerprint density at radius 3 is 2.29 bits per heavy atom. The summed E-state index contributed by atoms with van der Waals surface area (Å²) >= 11 is 0. The van der Waals surface area contributed by atoms with Crippen molar-refractivity contribution in [2.24, 2.45) is 5.41 Å². The fourth-order valence-corrected chi connectivity index (χ4v) is 2.60. The molecule has 1 rings (SSSR count). The number of rotatable bonds is 4. The van der Waals surface area contributed by atoms with E-state index in [4.69, 9.17) is 0 Å². The Labute approximate surface area is 104 Å². The van der Waals surface area contributed by atoms with Gasteiger partial charge in [-0.25, -0.2) is 0 Å². The van der Waals surface area contributed by atoms with E-state index in [0.717, 1.165) is 18.4 Å². The summed E-state index contributed by atoms with van der Waals surface area (Å²) in [5.41, 5.74) is 3.37. The molecule has 0 fully saturated rings. The number of benzene rings is 1. The fraction of sp³-hybridized carbons (Fsp3) is 0.429. The molecule has 0 aliphatic carbocycles. The van der Waals surface area contributed by atoms with Crippen LogP contribution >= 0.6 is 7.92 Å². The Balaban J connectivity index is 3.31. The topological polar surface area (TPSA) is 40.9 Å². The molecule has 1 aromatic rings. The van der Waals surface area contributed by atoms with Crippen molar-refractivity contribution >= 4 is 7.92 Å². The summed E-state index contributed by atoms with van der Waals surface area (Å²) in [6, 6.07) is 12.1. The van der Waals surface area contributed by atoms with Crippen LogP contribution in [0.2, 0.25) is 0 Å². The van der Waals surface area contributed by atoms with E-state index in [1.807, 2.05) is 44.2 Å². The molecule has 0 heterocycles. The molecule has 0 radical (unpaired) electrons. The van der Waals surface area contributed by atoms with Crippen LogP contribution in [0, 0.1) is 22.4 Å². The summed E-state index contributed by atoms with van der Waals surface area (Å²) in [4.78, 5) is 0. The third kappa shape index (κ3) is 2.89. The van der Waals surface area contributed by atoms with Gasteiger partial charge in [-0.1, -0.05) is 0 Å². The van der Waals surface area contributed by atoms with Gasteiger partial charge in [-0.3, -0.25) is 0 Å². The number of hydrogen-bond acceptors (Lipinski definition) is 2. The Morgan fingerprint density at radius 1 is 1.29 bits per heavy atom. The summed E-state index contributed by atoms with van der Waals surface area (Å²) in [6.07, 6.45) is 1.45. The van der Waals surface area contributed by atoms with Gasteiger partial charge >= 0.3 is 103 Å². The van der Waals surface area contributed by atoms with E-state index in [0.29, 0.717) is 0 Å². The van der Waals surface area contributed by atoms with Crippen LogP contribution in [0.1, 0.15) is 38.2 Å². The summed E-state index contributed by atoms with van der Waals surface area (Å²) in [7, 11) is -0.139. The van der Waals surface area contributed by atoms with Crippen LogP contribution in [0.5, 0.6) is 0 Å². The molecular weight excluding hydrogens is 229 g/mol. The van der Waals surface area contributed by atoms with Crippen LogP contribution in [-0.2, 0) is 4.57 Å². The molecule has 17 heavy (non-hydrogen) atoms. The van der Waals surface area contributed by atoms with Gasteiger partial charge < -0.3 is 0 Å². The van der Waals surface area contributed by atoms with Crippen LogP contribution in [0.4, 0.5) is 0 Å². The Hall–Kier alpha value is -1.28. The summed E-state index contributed by atoms with van der Waals surface area (Å²) in [5, 5.41) is 9.44. The van der Waals surface area contributed by atoms with Crippen molar-refractivity contribution in [2.75, 3.05) is 0 Å². The molecule has 0 spiro atoms. The van der Waals surface area contributed by atoms with Crippen LogP contribution in [0.15, 0.2) is 30.3 Å². The second-order valence-corrected chi connectivity index (χ2v) is 4.48. The zero-order chi connectivity index (χ0) is 12.7. The molecule has 0 N–H and O–H groups in total. The van der Waals surface area contributed by atoms with Crippen molar-refractivity contribution in [1.29, 1.82) is 5.26 Å². The van der Waals surface area contributed by atoms with Gasteiger partial charge in [0.1, 0.15) is 0 Å². The van der Waals surface area contributed by atoms with E-state index >= 15 is 0 Å². The Morgan fingerprint density at radius 2 is 1.88 bits per heavy atom. The molecule has 0 bridgehead atoms. The minimum atomic E-state index is -0.515. The van der Waals surface area contributed by atoms with Gasteiger partial charge in [-0.15, -0.1) is 0 Å². The molecular formula is C14H16NOP. The van der Waals surface area contributed by atoms with E-state index in [-0.39, 0.29) is 13.8 Å². The molecule has 1 unspecified atom stereocenters. The third-order valence-electron chi connectivity index (χ3n) is 3.35. The van der Waals surface area contributed by atoms with Crippen molar-refractivity contribution in [3.63, 3.8) is 0 Å². The third-order valence-corrected chi connectivity index (χ3v) is 3.72. The summed E-state index contributed by atoms with van der Waals surface area (Å²) < 4.78 is 10.9. The van der Waals surface area contributed by atoms with Gasteiger partial charge in [-0.05, 0) is 0 Å². The van der Waals surface area contributed by atoms with E-state index in [1.165, 1.54) is 0 Å². The molecule has 0 amide bonds. The predicted molar refractivity (Wildman–Crippen MR) is 69.3 cm³/mol. The fourth-order valence-electron chi connectivity index (χ4n) is 2.10. The zero-order valence-corrected chi connectivity index (χ0v) is 11.1. The molecule has 1 atom stereocenters. The molecule has 0 aliphatic heterocycles. The summed E-state index contributed by atoms with van der Waals surface area (Å²) in [6.45, 7) is 3.98. The van der Waals surface area contributed by atoms with Gasteiger partial charge in [0.2, 0.25) is 0 Å². The maximum absolute atomic E-state index is 10.9. The van der Waals surface area contributed by atoms with Crippen LogP contribution < -0.4 is 0 Å². The monoisotopic (exact) mass is 245 g/mol. The molecule has 0 aromatic heterocycles. The van der Waals surface area contributed by atoms with Crippen molar-refractivity contribution in [1.82, 2.24) is 0 Å². The van der Waals surface area contributed by atoms with Crippen molar-refractivity contribution in [3.05, 3.63) is 35.9 Å². The molecule has 0 aliphatic rings. The van der Waals surface area contributed by atoms with E-state index < -0.39 is 5.41 Å². The molecule has 3 heteroatoms. The van der Waals surface area contributed by atoms with Crippen molar-refractivity contribution < 1.29 is 4.57 Å². The minimum absolute atomic E-state index is 0.139. The number of nitriles is 1. The van der Waals surface area contributed by atoms with Crippen molar-refractivity contribution in [3.8, 4) is 11.7 Å². The number of nitrogens with zero attached hydrogens (tertiary/aromatic N) is 1. The van der Waals surface area contributed by atoms with Gasteiger partial charge in [0.15, 0.2) is 0 Å². The van der Waals surface area contributed by atoms with Gasteiger partial charge in [-0.2, -0.15) is 0 Å². The second kappa shape index (κ2) is 6.45. The maximum atomic E-state index is 10.9. The average molecular weight is 245 g/mol. The molecule has 88 valence electrons. The molecule has 0 saturated heterocycles. The summed E-state index contributed by atoms with van der Waals surface area (Å²) in [5.74, 6) is -0.206. The van der Waals surface area contributed by atoms with Crippen LogP contribution in [-0.4, -0.2) is 0 Å². The molecule has 1 aromatic carbocycles. The molecule has 0 saturated carbocycles. The number of hydrogen-bond donors (Lipinski definition) is 0. The Kier molecular flexibility index (Phi) is 5.23. The first kappa shape index (κ1) is 13.8. The second-order valence-electron chi connectivity index (χ2n) is 4.04. The molecule has 2 nitrogen and oxygen atoms in total. The van der Waals surface area contributed by atoms with Crippen LogP contribution in [0.3, 0.4) is 0 Å². The van der Waals surface area contributed by atoms with Gasteiger partial charge in [0, 0.05) is 0 Å². The van der Waals surface area contributed by atoms with Gasteiger partial charge in [0.25, 0.3) is 0 Å². The zero-order valence-electron chi connectivity index (χ0n) is 10.2. The predicted octanol–water partition coefficient (Wildman–Crippen LogP) is 4.35. The standard InChI is InChI=1S/C14H16NOP/c1-3-14(4-2,11-15)13(10-17-16)12-8-6-5-7-9-12/h5-9,13H,3-4H2,1-2H3. The van der Waals surface area contributed by atoms with Crippen molar-refractivity contribution in [2.45, 2.75) is 32.6 Å². The van der Waals surface area contributed by atoms with Crippen LogP contribution in [0.25, 0.3) is 0 Å². The van der Waals surface area contributed by atoms with E-state index in [2.05, 4.69) is 11.7 Å². The quantitative estimate of drug-likeness (QED) is 0.740. The van der Waals surface area contributed by atoms with Gasteiger partial charge in [0.05, 0.1) is 0 Å². The van der Waals surface area contributed by atoms with E-state index in [9.17, 15) is 9.83 Å².